The second-order valence-electron chi connectivity index (χ2n) is 13.1. The summed E-state index contributed by atoms with van der Waals surface area (Å²) >= 11 is 0. The summed E-state index contributed by atoms with van der Waals surface area (Å²) in [6.45, 7) is 19.0. The molecule has 206 valence electrons. The lowest BCUT2D eigenvalue weighted by molar-refractivity contribution is -0.163. The van der Waals surface area contributed by atoms with Crippen molar-refractivity contribution in [2.45, 2.75) is 175 Å². The van der Waals surface area contributed by atoms with Gasteiger partial charge in [-0.1, -0.05) is 137 Å². The van der Waals surface area contributed by atoms with Crippen molar-refractivity contribution in [3.8, 4) is 11.5 Å². The van der Waals surface area contributed by atoms with Crippen LogP contribution < -0.4 is 0 Å². The van der Waals surface area contributed by atoms with Crippen LogP contribution in [0, 0.1) is 17.4 Å². The second kappa shape index (κ2) is 17.6. The molecule has 2 atom stereocenters. The molecule has 0 bridgehead atoms. The van der Waals surface area contributed by atoms with Crippen LogP contribution in [-0.4, -0.2) is 30.9 Å². The number of hydrogen-bond donors (Lipinski definition) is 1. The third-order valence-corrected chi connectivity index (χ3v) is 11.9. The van der Waals surface area contributed by atoms with Gasteiger partial charge in [0.1, 0.15) is 19.8 Å². The molecule has 0 aliphatic heterocycles. The minimum absolute atomic E-state index is 0.121. The summed E-state index contributed by atoms with van der Waals surface area (Å²) in [6.07, 6.45) is 17.9. The number of ether oxygens (including phenoxy) is 1. The molecule has 0 aromatic heterocycles. The number of esters is 1. The largest absolute Gasteiger partial charge is 0.460 e. The molecule has 0 aromatic rings. The van der Waals surface area contributed by atoms with Gasteiger partial charge in [-0.15, -0.1) is 5.54 Å². The molecule has 0 radical (unpaired) electrons. The molecule has 4 heteroatoms. The smallest absolute Gasteiger partial charge is 0.313 e. The van der Waals surface area contributed by atoms with Crippen molar-refractivity contribution in [3.05, 3.63) is 0 Å². The number of aliphatic hydroxyl groups excluding tert-OH is 1. The number of hydrogen-bond acceptors (Lipinski definition) is 3. The van der Waals surface area contributed by atoms with Gasteiger partial charge in [-0.25, -0.2) is 0 Å². The highest BCUT2D eigenvalue weighted by Gasteiger charge is 2.35. The maximum atomic E-state index is 12.8. The van der Waals surface area contributed by atoms with Crippen molar-refractivity contribution in [1.82, 2.24) is 0 Å². The highest BCUT2D eigenvalue weighted by atomic mass is 28.3. The topological polar surface area (TPSA) is 46.5 Å². The first-order valence-corrected chi connectivity index (χ1v) is 17.6. The van der Waals surface area contributed by atoms with Gasteiger partial charge in [0.25, 0.3) is 0 Å². The van der Waals surface area contributed by atoms with E-state index in [1.54, 1.807) is 0 Å². The molecule has 0 aliphatic rings. The van der Waals surface area contributed by atoms with E-state index in [0.717, 1.165) is 12.8 Å². The van der Waals surface area contributed by atoms with Gasteiger partial charge in [0.05, 0.1) is 5.92 Å². The lowest BCUT2D eigenvalue weighted by atomic mass is 9.94. The van der Waals surface area contributed by atoms with Crippen LogP contribution in [0.15, 0.2) is 0 Å². The molecule has 0 unspecified atom stereocenters. The predicted octanol–water partition coefficient (Wildman–Crippen LogP) is 9.23. The molecule has 0 spiro atoms. The highest BCUT2D eigenvalue weighted by molar-refractivity contribution is 6.87. The van der Waals surface area contributed by atoms with Gasteiger partial charge in [-0.2, -0.15) is 0 Å². The Kier molecular flexibility index (Phi) is 17.2. The number of rotatable bonds is 17. The Hall–Kier alpha value is -0.793. The Labute approximate surface area is 220 Å². The predicted molar refractivity (Wildman–Crippen MR) is 155 cm³/mol. The molecular formula is C31H60O3Si. The fourth-order valence-corrected chi connectivity index (χ4v) is 4.77. The quantitative estimate of drug-likeness (QED) is 0.0921. The zero-order chi connectivity index (χ0) is 27.0. The van der Waals surface area contributed by atoms with E-state index >= 15 is 0 Å². The van der Waals surface area contributed by atoms with Gasteiger partial charge in [0, 0.05) is 0 Å². The van der Waals surface area contributed by atoms with E-state index in [4.69, 9.17) is 4.74 Å². The van der Waals surface area contributed by atoms with E-state index < -0.39 is 25.7 Å². The highest BCUT2D eigenvalue weighted by Crippen LogP contribution is 2.35. The fourth-order valence-electron chi connectivity index (χ4n) is 3.88. The van der Waals surface area contributed by atoms with Crippen molar-refractivity contribution >= 4 is 14.0 Å². The normalized spacial score (nSPS) is 14.2. The van der Waals surface area contributed by atoms with Gasteiger partial charge in [0.15, 0.2) is 0 Å². The lowest BCUT2D eigenvalue weighted by Gasteiger charge is -2.32. The molecule has 0 aromatic carbocycles. The number of carbonyl (C=O) groups is 1. The maximum absolute atomic E-state index is 12.8. The van der Waals surface area contributed by atoms with Gasteiger partial charge in [-0.3, -0.25) is 4.79 Å². The van der Waals surface area contributed by atoms with E-state index in [9.17, 15) is 9.90 Å². The van der Waals surface area contributed by atoms with Crippen molar-refractivity contribution in [1.29, 1.82) is 0 Å². The van der Waals surface area contributed by atoms with Gasteiger partial charge < -0.3 is 9.84 Å². The van der Waals surface area contributed by atoms with Crippen LogP contribution in [0.25, 0.3) is 0 Å². The van der Waals surface area contributed by atoms with Gasteiger partial charge in [0.2, 0.25) is 0 Å². The monoisotopic (exact) mass is 508 g/mol. The molecule has 0 amide bonds. The standard InChI is InChI=1S/C31H60O3Si/c1-10-11-12-13-14-15-16-17-18-19-20-21-22-23-24-27(29(33)34-30(2,3)4)28(32)25-26-35(8,9)31(5,6)7/h27-28,32H,10-24H2,1-9H3/t27-,28-/m0/s1. The molecule has 0 rings (SSSR count). The molecular weight excluding hydrogens is 448 g/mol. The van der Waals surface area contributed by atoms with Crippen LogP contribution >= 0.6 is 0 Å². The summed E-state index contributed by atoms with van der Waals surface area (Å²) in [5.41, 5.74) is 2.82. The van der Waals surface area contributed by atoms with Crippen molar-refractivity contribution in [2.24, 2.45) is 5.92 Å². The first kappa shape index (κ1) is 34.2. The van der Waals surface area contributed by atoms with Crippen molar-refractivity contribution < 1.29 is 14.6 Å². The number of unbranched alkanes of at least 4 members (excludes halogenated alkanes) is 13. The van der Waals surface area contributed by atoms with Crippen LogP contribution in [-0.2, 0) is 9.53 Å². The molecule has 1 N–H and O–H groups in total. The molecule has 3 nitrogen and oxygen atoms in total. The maximum Gasteiger partial charge on any atom is 0.313 e. The third kappa shape index (κ3) is 17.3. The average Bonchev–Trinajstić information content (AvgIpc) is 2.72. The van der Waals surface area contributed by atoms with E-state index in [1.165, 1.54) is 77.0 Å². The van der Waals surface area contributed by atoms with Gasteiger partial charge >= 0.3 is 5.97 Å². The average molecular weight is 509 g/mol. The second-order valence-corrected chi connectivity index (χ2v) is 18.1. The molecule has 0 fully saturated rings. The minimum atomic E-state index is -1.84. The Morgan fingerprint density at radius 1 is 0.771 bits per heavy atom. The summed E-state index contributed by atoms with van der Waals surface area (Å²) in [6, 6.07) is 0. The minimum Gasteiger partial charge on any atom is -0.460 e. The first-order valence-electron chi connectivity index (χ1n) is 14.6. The van der Waals surface area contributed by atoms with Crippen LogP contribution in [0.3, 0.4) is 0 Å². The van der Waals surface area contributed by atoms with Crippen molar-refractivity contribution in [2.75, 3.05) is 0 Å². The summed E-state index contributed by atoms with van der Waals surface area (Å²) in [4.78, 5) is 12.8. The van der Waals surface area contributed by atoms with Crippen LogP contribution in [0.4, 0.5) is 0 Å². The number of aliphatic hydroxyl groups is 1. The third-order valence-electron chi connectivity index (χ3n) is 7.37. The Morgan fingerprint density at radius 2 is 1.17 bits per heavy atom. The SMILES string of the molecule is CCCCCCCCCCCCCCCC[C@H](C(=O)OC(C)(C)C)[C@@H](O)C#C[Si](C)(C)C(C)(C)C. The summed E-state index contributed by atoms with van der Waals surface area (Å²) < 4.78 is 5.63. The first-order chi connectivity index (χ1) is 16.2. The molecule has 0 saturated carbocycles. The zero-order valence-electron chi connectivity index (χ0n) is 25.0. The van der Waals surface area contributed by atoms with Crippen LogP contribution in [0.5, 0.6) is 0 Å². The fraction of sp³-hybridized carbons (Fsp3) is 0.903. The van der Waals surface area contributed by atoms with Gasteiger partial charge in [-0.05, 0) is 32.2 Å². The summed E-state index contributed by atoms with van der Waals surface area (Å²) in [7, 11) is -1.84. The summed E-state index contributed by atoms with van der Waals surface area (Å²) in [5, 5.41) is 11.0. The number of carbonyl (C=O) groups excluding carboxylic acids is 1. The van der Waals surface area contributed by atoms with E-state index in [1.807, 2.05) is 20.8 Å². The van der Waals surface area contributed by atoms with Crippen LogP contribution in [0.1, 0.15) is 145 Å². The molecule has 35 heavy (non-hydrogen) atoms. The lowest BCUT2D eigenvalue weighted by Crippen LogP contribution is -2.37. The van der Waals surface area contributed by atoms with E-state index in [-0.39, 0.29) is 11.0 Å². The Morgan fingerprint density at radius 3 is 1.54 bits per heavy atom. The molecule has 0 heterocycles. The van der Waals surface area contributed by atoms with E-state index in [2.05, 4.69) is 52.3 Å². The van der Waals surface area contributed by atoms with Crippen molar-refractivity contribution in [3.63, 3.8) is 0 Å². The molecule has 0 saturated heterocycles. The van der Waals surface area contributed by atoms with E-state index in [0.29, 0.717) is 6.42 Å². The Balaban J connectivity index is 4.43. The summed E-state index contributed by atoms with van der Waals surface area (Å²) in [5.74, 6) is 2.18. The molecule has 0 aliphatic carbocycles. The Bertz CT molecular complexity index is 616. The van der Waals surface area contributed by atoms with Crippen LogP contribution in [0.2, 0.25) is 18.1 Å². The zero-order valence-corrected chi connectivity index (χ0v) is 26.0.